The van der Waals surface area contributed by atoms with E-state index in [2.05, 4.69) is 74.9 Å². The molecule has 4 heteroatoms. The Hall–Kier alpha value is -0.740. The largest absolute Gasteiger partial charge is 0.490 e. The van der Waals surface area contributed by atoms with E-state index in [1.807, 2.05) is 6.92 Å². The maximum absolute atomic E-state index is 5.84. The van der Waals surface area contributed by atoms with Gasteiger partial charge in [-0.15, -0.1) is 0 Å². The van der Waals surface area contributed by atoms with Gasteiger partial charge in [-0.1, -0.05) is 27.7 Å². The molecule has 0 unspecified atom stereocenters. The summed E-state index contributed by atoms with van der Waals surface area (Å²) in [5.41, 5.74) is 1.57. The number of benzene rings is 1. The lowest BCUT2D eigenvalue weighted by atomic mass is 9.82. The first kappa shape index (κ1) is 21.3. The fraction of sp³-hybridized carbons (Fsp3) is 0.700. The Morgan fingerprint density at radius 2 is 1.71 bits per heavy atom. The highest BCUT2D eigenvalue weighted by molar-refractivity contribution is 9.10. The molecule has 0 heterocycles. The summed E-state index contributed by atoms with van der Waals surface area (Å²) in [6.07, 6.45) is 2.08. The quantitative estimate of drug-likeness (QED) is 0.556. The fourth-order valence-corrected chi connectivity index (χ4v) is 3.66. The molecule has 0 radical (unpaired) electrons. The predicted molar refractivity (Wildman–Crippen MR) is 106 cm³/mol. The maximum atomic E-state index is 5.84. The molecular formula is C20H34BrNO2. The topological polar surface area (TPSA) is 30.5 Å². The van der Waals surface area contributed by atoms with Gasteiger partial charge in [0.25, 0.3) is 0 Å². The van der Waals surface area contributed by atoms with E-state index in [-0.39, 0.29) is 5.54 Å². The van der Waals surface area contributed by atoms with Crippen LogP contribution in [0.2, 0.25) is 0 Å². The van der Waals surface area contributed by atoms with E-state index in [4.69, 9.17) is 9.47 Å². The van der Waals surface area contributed by atoms with Gasteiger partial charge < -0.3 is 14.8 Å². The summed E-state index contributed by atoms with van der Waals surface area (Å²) < 4.78 is 12.6. The minimum absolute atomic E-state index is 0.0773. The van der Waals surface area contributed by atoms with Crippen LogP contribution < -0.4 is 14.8 Å². The molecule has 0 aliphatic heterocycles. The second-order valence-electron chi connectivity index (χ2n) is 8.16. The average molecular weight is 400 g/mol. The third kappa shape index (κ3) is 7.43. The molecule has 1 aromatic rings. The Morgan fingerprint density at radius 3 is 2.25 bits per heavy atom. The number of hydrogen-bond acceptors (Lipinski definition) is 3. The van der Waals surface area contributed by atoms with Crippen molar-refractivity contribution in [2.45, 2.75) is 73.4 Å². The number of ether oxygens (including phenoxy) is 2. The van der Waals surface area contributed by atoms with Crippen LogP contribution in [0, 0.1) is 5.41 Å². The van der Waals surface area contributed by atoms with E-state index in [1.165, 1.54) is 5.56 Å². The van der Waals surface area contributed by atoms with Crippen LogP contribution in [0.5, 0.6) is 11.5 Å². The summed E-state index contributed by atoms with van der Waals surface area (Å²) in [4.78, 5) is 0. The van der Waals surface area contributed by atoms with E-state index in [1.54, 1.807) is 0 Å². The number of hydrogen-bond donors (Lipinski definition) is 1. The molecule has 0 atom stereocenters. The molecule has 0 amide bonds. The standard InChI is InChI=1S/C20H34BrNO2/c1-8-10-24-18-16(21)11-15(12-17(18)23-9-2)13-22-20(6,7)14-19(3,4)5/h11-12,22H,8-10,13-14H2,1-7H3. The summed E-state index contributed by atoms with van der Waals surface area (Å²) in [6, 6.07) is 4.20. The Balaban J connectivity index is 2.89. The van der Waals surface area contributed by atoms with Crippen molar-refractivity contribution in [1.82, 2.24) is 5.32 Å². The minimum Gasteiger partial charge on any atom is -0.490 e. The van der Waals surface area contributed by atoms with Crippen LogP contribution in [0.15, 0.2) is 16.6 Å². The van der Waals surface area contributed by atoms with Crippen LogP contribution in [0.1, 0.15) is 66.9 Å². The smallest absolute Gasteiger partial charge is 0.175 e. The highest BCUT2D eigenvalue weighted by Crippen LogP contribution is 2.37. The molecule has 0 fully saturated rings. The van der Waals surface area contributed by atoms with Gasteiger partial charge >= 0.3 is 0 Å². The first-order valence-electron chi connectivity index (χ1n) is 8.91. The van der Waals surface area contributed by atoms with Gasteiger partial charge in [0.1, 0.15) is 0 Å². The average Bonchev–Trinajstić information content (AvgIpc) is 2.42. The van der Waals surface area contributed by atoms with Crippen LogP contribution in [0.25, 0.3) is 0 Å². The van der Waals surface area contributed by atoms with Crippen molar-refractivity contribution in [1.29, 1.82) is 0 Å². The van der Waals surface area contributed by atoms with E-state index in [9.17, 15) is 0 Å². The zero-order chi connectivity index (χ0) is 18.4. The van der Waals surface area contributed by atoms with Gasteiger partial charge in [-0.2, -0.15) is 0 Å². The molecule has 0 aromatic heterocycles. The Labute approximate surface area is 156 Å². The van der Waals surface area contributed by atoms with Crippen LogP contribution in [-0.4, -0.2) is 18.8 Å². The van der Waals surface area contributed by atoms with Gasteiger partial charge in [0.15, 0.2) is 11.5 Å². The summed E-state index contributed by atoms with van der Waals surface area (Å²) in [5, 5.41) is 3.67. The molecule has 3 nitrogen and oxygen atoms in total. The van der Waals surface area contributed by atoms with Gasteiger partial charge in [0, 0.05) is 12.1 Å². The number of halogens is 1. The molecule has 1 N–H and O–H groups in total. The number of rotatable bonds is 9. The highest BCUT2D eigenvalue weighted by atomic mass is 79.9. The first-order valence-corrected chi connectivity index (χ1v) is 9.70. The normalized spacial score (nSPS) is 12.3. The summed E-state index contributed by atoms with van der Waals surface area (Å²) >= 11 is 3.63. The fourth-order valence-electron chi connectivity index (χ4n) is 3.06. The van der Waals surface area contributed by atoms with Crippen molar-refractivity contribution in [2.75, 3.05) is 13.2 Å². The predicted octanol–water partition coefficient (Wildman–Crippen LogP) is 5.94. The van der Waals surface area contributed by atoms with Crippen molar-refractivity contribution >= 4 is 15.9 Å². The summed E-state index contributed by atoms with van der Waals surface area (Å²) in [6.45, 7) is 17.6. The van der Waals surface area contributed by atoms with E-state index in [0.717, 1.165) is 35.4 Å². The molecular weight excluding hydrogens is 366 g/mol. The molecule has 0 saturated carbocycles. The molecule has 1 aromatic carbocycles. The molecule has 1 rings (SSSR count). The molecule has 24 heavy (non-hydrogen) atoms. The van der Waals surface area contributed by atoms with Gasteiger partial charge in [-0.05, 0) is 72.7 Å². The second kappa shape index (κ2) is 9.10. The van der Waals surface area contributed by atoms with Crippen molar-refractivity contribution < 1.29 is 9.47 Å². The van der Waals surface area contributed by atoms with E-state index < -0.39 is 0 Å². The lowest BCUT2D eigenvalue weighted by Gasteiger charge is -2.33. The lowest BCUT2D eigenvalue weighted by Crippen LogP contribution is -2.41. The first-order chi connectivity index (χ1) is 11.1. The van der Waals surface area contributed by atoms with E-state index in [0.29, 0.717) is 18.6 Å². The van der Waals surface area contributed by atoms with Gasteiger partial charge in [-0.25, -0.2) is 0 Å². The van der Waals surface area contributed by atoms with Crippen molar-refractivity contribution in [2.24, 2.45) is 5.41 Å². The van der Waals surface area contributed by atoms with Crippen LogP contribution >= 0.6 is 15.9 Å². The summed E-state index contributed by atoms with van der Waals surface area (Å²) in [7, 11) is 0. The zero-order valence-electron chi connectivity index (χ0n) is 16.4. The Bertz CT molecular complexity index is 521. The minimum atomic E-state index is 0.0773. The Kier molecular flexibility index (Phi) is 8.07. The van der Waals surface area contributed by atoms with E-state index >= 15 is 0 Å². The maximum Gasteiger partial charge on any atom is 0.175 e. The molecule has 0 saturated heterocycles. The molecule has 0 aliphatic carbocycles. The molecule has 0 spiro atoms. The summed E-state index contributed by atoms with van der Waals surface area (Å²) in [5.74, 6) is 1.61. The molecule has 0 bridgehead atoms. The monoisotopic (exact) mass is 399 g/mol. The van der Waals surface area contributed by atoms with Crippen molar-refractivity contribution in [3.05, 3.63) is 22.2 Å². The zero-order valence-corrected chi connectivity index (χ0v) is 18.0. The van der Waals surface area contributed by atoms with Gasteiger partial charge in [0.2, 0.25) is 0 Å². The molecule has 138 valence electrons. The van der Waals surface area contributed by atoms with Crippen LogP contribution in [0.4, 0.5) is 0 Å². The van der Waals surface area contributed by atoms with Crippen LogP contribution in [-0.2, 0) is 6.54 Å². The van der Waals surface area contributed by atoms with Crippen molar-refractivity contribution in [3.8, 4) is 11.5 Å². The molecule has 0 aliphatic rings. The SMILES string of the molecule is CCCOc1c(Br)cc(CNC(C)(C)CC(C)(C)C)cc1OCC. The number of nitrogens with one attached hydrogen (secondary N) is 1. The van der Waals surface area contributed by atoms with Gasteiger partial charge in [0.05, 0.1) is 17.7 Å². The van der Waals surface area contributed by atoms with Crippen molar-refractivity contribution in [3.63, 3.8) is 0 Å². The third-order valence-corrected chi connectivity index (χ3v) is 4.15. The highest BCUT2D eigenvalue weighted by Gasteiger charge is 2.25. The van der Waals surface area contributed by atoms with Crippen LogP contribution in [0.3, 0.4) is 0 Å². The van der Waals surface area contributed by atoms with Gasteiger partial charge in [-0.3, -0.25) is 0 Å². The second-order valence-corrected chi connectivity index (χ2v) is 9.02. The Morgan fingerprint density at radius 1 is 1.04 bits per heavy atom. The lowest BCUT2D eigenvalue weighted by molar-refractivity contribution is 0.240. The third-order valence-electron chi connectivity index (χ3n) is 3.56.